The van der Waals surface area contributed by atoms with Gasteiger partial charge in [0, 0.05) is 11.4 Å². The van der Waals surface area contributed by atoms with E-state index in [1.54, 1.807) is 0 Å². The van der Waals surface area contributed by atoms with Crippen molar-refractivity contribution in [2.24, 2.45) is 23.7 Å². The van der Waals surface area contributed by atoms with Gasteiger partial charge in [0.15, 0.2) is 0 Å². The Kier molecular flexibility index (Phi) is 4.05. The molecule has 0 bridgehead atoms. The van der Waals surface area contributed by atoms with Crippen LogP contribution in [0.4, 0.5) is 0 Å². The van der Waals surface area contributed by atoms with Crippen molar-refractivity contribution in [1.29, 1.82) is 0 Å². The van der Waals surface area contributed by atoms with Crippen molar-refractivity contribution in [3.8, 4) is 0 Å². The summed E-state index contributed by atoms with van der Waals surface area (Å²) in [5, 5.41) is 0. The van der Waals surface area contributed by atoms with Gasteiger partial charge in [-0.25, -0.2) is 0 Å². The molecule has 1 nitrogen and oxygen atoms in total. The van der Waals surface area contributed by atoms with E-state index in [0.29, 0.717) is 11.8 Å². The Morgan fingerprint density at radius 3 is 1.75 bits per heavy atom. The third-order valence-corrected chi connectivity index (χ3v) is 4.58. The Morgan fingerprint density at radius 1 is 0.850 bits per heavy atom. The van der Waals surface area contributed by atoms with Crippen LogP contribution in [-0.2, 0) is 12.8 Å². The molecule has 0 aliphatic heterocycles. The van der Waals surface area contributed by atoms with Crippen LogP contribution in [0, 0.1) is 23.7 Å². The Bertz CT molecular complexity index is 471. The average molecular weight is 267 g/mol. The first-order chi connectivity index (χ1) is 9.69. The number of aromatic nitrogens is 1. The normalized spacial score (nSPS) is 32.1. The van der Waals surface area contributed by atoms with Crippen LogP contribution in [0.5, 0.6) is 0 Å². The number of pyridine rings is 1. The first kappa shape index (κ1) is 13.6. The van der Waals surface area contributed by atoms with Gasteiger partial charge >= 0.3 is 0 Å². The smallest absolute Gasteiger partial charge is 0.0412 e. The Labute approximate surface area is 122 Å². The number of hydrogen-bond acceptors (Lipinski definition) is 1. The fraction of sp³-hybridized carbons (Fsp3) is 0.526. The lowest BCUT2D eigenvalue weighted by Crippen LogP contribution is -2.06. The summed E-state index contributed by atoms with van der Waals surface area (Å²) in [7, 11) is 0. The van der Waals surface area contributed by atoms with Gasteiger partial charge in [0.2, 0.25) is 0 Å². The summed E-state index contributed by atoms with van der Waals surface area (Å²) < 4.78 is 0. The summed E-state index contributed by atoms with van der Waals surface area (Å²) in [5.41, 5.74) is 2.53. The molecule has 0 fully saturated rings. The van der Waals surface area contributed by atoms with Crippen molar-refractivity contribution in [3.05, 3.63) is 53.9 Å². The predicted octanol–water partition coefficient (Wildman–Crippen LogP) is 4.59. The molecule has 106 valence electrons. The van der Waals surface area contributed by atoms with Crippen molar-refractivity contribution < 1.29 is 0 Å². The van der Waals surface area contributed by atoms with Crippen molar-refractivity contribution in [1.82, 2.24) is 4.98 Å². The first-order valence-electron chi connectivity index (χ1n) is 8.00. The maximum atomic E-state index is 4.88. The van der Waals surface area contributed by atoms with E-state index in [9.17, 15) is 0 Å². The van der Waals surface area contributed by atoms with Crippen molar-refractivity contribution in [2.45, 2.75) is 39.5 Å². The minimum Gasteiger partial charge on any atom is -0.258 e. The molecule has 4 unspecified atom stereocenters. The van der Waals surface area contributed by atoms with E-state index in [-0.39, 0.29) is 0 Å². The van der Waals surface area contributed by atoms with Crippen LogP contribution in [0.15, 0.2) is 42.5 Å². The zero-order chi connectivity index (χ0) is 13.9. The standard InChI is InChI=1S/C19H25N/c1-14-6-8-16(10-14)12-18-4-3-5-19(20-18)13-17-9-7-15(2)11-17/h3-9,14-17H,10-13H2,1-2H3. The molecule has 4 atom stereocenters. The molecule has 1 heterocycles. The highest BCUT2D eigenvalue weighted by Crippen LogP contribution is 2.27. The molecule has 20 heavy (non-hydrogen) atoms. The molecule has 0 radical (unpaired) electrons. The molecule has 2 aliphatic carbocycles. The summed E-state index contributed by atoms with van der Waals surface area (Å²) in [6, 6.07) is 6.56. The molecule has 0 N–H and O–H groups in total. The zero-order valence-electron chi connectivity index (χ0n) is 12.6. The fourth-order valence-corrected chi connectivity index (χ4v) is 3.56. The minimum absolute atomic E-state index is 0.694. The van der Waals surface area contributed by atoms with Gasteiger partial charge in [-0.15, -0.1) is 0 Å². The number of hydrogen-bond donors (Lipinski definition) is 0. The number of rotatable bonds is 4. The third-order valence-electron chi connectivity index (χ3n) is 4.58. The largest absolute Gasteiger partial charge is 0.258 e. The van der Waals surface area contributed by atoms with Gasteiger partial charge in [0.25, 0.3) is 0 Å². The third kappa shape index (κ3) is 3.39. The average Bonchev–Trinajstić information content (AvgIpc) is 2.99. The van der Waals surface area contributed by atoms with Gasteiger partial charge in [-0.05, 0) is 61.5 Å². The summed E-state index contributed by atoms with van der Waals surface area (Å²) in [4.78, 5) is 4.88. The molecule has 3 rings (SSSR count). The highest BCUT2D eigenvalue weighted by molar-refractivity contribution is 5.16. The van der Waals surface area contributed by atoms with Gasteiger partial charge in [-0.2, -0.15) is 0 Å². The van der Waals surface area contributed by atoms with E-state index in [2.05, 4.69) is 56.4 Å². The lowest BCUT2D eigenvalue weighted by atomic mass is 9.97. The van der Waals surface area contributed by atoms with Crippen LogP contribution in [-0.4, -0.2) is 4.98 Å². The zero-order valence-corrected chi connectivity index (χ0v) is 12.6. The van der Waals surface area contributed by atoms with Gasteiger partial charge in [-0.3, -0.25) is 4.98 Å². The molecule has 0 amide bonds. The second-order valence-corrected chi connectivity index (χ2v) is 6.74. The Balaban J connectivity index is 1.61. The van der Waals surface area contributed by atoms with Crippen LogP contribution in [0.1, 0.15) is 38.1 Å². The highest BCUT2D eigenvalue weighted by Gasteiger charge is 2.18. The van der Waals surface area contributed by atoms with Crippen LogP contribution >= 0.6 is 0 Å². The maximum Gasteiger partial charge on any atom is 0.0412 e. The quantitative estimate of drug-likeness (QED) is 0.727. The number of allylic oxidation sites excluding steroid dienone is 4. The molecule has 2 aliphatic rings. The summed E-state index contributed by atoms with van der Waals surface area (Å²) >= 11 is 0. The highest BCUT2D eigenvalue weighted by atomic mass is 14.7. The van der Waals surface area contributed by atoms with E-state index in [4.69, 9.17) is 4.98 Å². The summed E-state index contributed by atoms with van der Waals surface area (Å²) in [5.74, 6) is 2.87. The Morgan fingerprint density at radius 2 is 1.35 bits per heavy atom. The second kappa shape index (κ2) is 5.95. The topological polar surface area (TPSA) is 12.9 Å². The molecule has 0 spiro atoms. The van der Waals surface area contributed by atoms with Crippen LogP contribution < -0.4 is 0 Å². The second-order valence-electron chi connectivity index (χ2n) is 6.74. The van der Waals surface area contributed by atoms with E-state index in [0.717, 1.165) is 24.7 Å². The van der Waals surface area contributed by atoms with E-state index in [1.165, 1.54) is 24.2 Å². The molecular formula is C19H25N. The summed E-state index contributed by atoms with van der Waals surface area (Å²) in [6.45, 7) is 4.60. The van der Waals surface area contributed by atoms with Gasteiger partial charge in [-0.1, -0.05) is 44.2 Å². The lowest BCUT2D eigenvalue weighted by molar-refractivity contribution is 0.533. The molecular weight excluding hydrogens is 242 g/mol. The monoisotopic (exact) mass is 267 g/mol. The molecule has 1 aromatic rings. The lowest BCUT2D eigenvalue weighted by Gasteiger charge is -2.12. The maximum absolute atomic E-state index is 4.88. The van der Waals surface area contributed by atoms with E-state index in [1.807, 2.05) is 0 Å². The molecule has 0 aromatic carbocycles. The first-order valence-corrected chi connectivity index (χ1v) is 8.00. The predicted molar refractivity (Wildman–Crippen MR) is 84.5 cm³/mol. The van der Waals surface area contributed by atoms with Crippen LogP contribution in [0.25, 0.3) is 0 Å². The fourth-order valence-electron chi connectivity index (χ4n) is 3.56. The molecule has 1 aromatic heterocycles. The van der Waals surface area contributed by atoms with Gasteiger partial charge in [0.05, 0.1) is 0 Å². The molecule has 0 saturated carbocycles. The minimum atomic E-state index is 0.694. The van der Waals surface area contributed by atoms with E-state index < -0.39 is 0 Å². The molecule has 1 heteroatoms. The van der Waals surface area contributed by atoms with Crippen LogP contribution in [0.2, 0.25) is 0 Å². The Hall–Kier alpha value is -1.37. The SMILES string of the molecule is CC1C=CC(Cc2cccc(CC3C=CC(C)C3)n2)C1. The van der Waals surface area contributed by atoms with Crippen molar-refractivity contribution in [3.63, 3.8) is 0 Å². The van der Waals surface area contributed by atoms with Gasteiger partial charge < -0.3 is 0 Å². The van der Waals surface area contributed by atoms with Crippen molar-refractivity contribution in [2.75, 3.05) is 0 Å². The van der Waals surface area contributed by atoms with E-state index >= 15 is 0 Å². The van der Waals surface area contributed by atoms with Crippen LogP contribution in [0.3, 0.4) is 0 Å². The van der Waals surface area contributed by atoms with Gasteiger partial charge in [0.1, 0.15) is 0 Å². The molecule has 0 saturated heterocycles. The number of nitrogens with zero attached hydrogens (tertiary/aromatic N) is 1. The van der Waals surface area contributed by atoms with Crippen molar-refractivity contribution >= 4 is 0 Å². The summed E-state index contributed by atoms with van der Waals surface area (Å²) in [6.07, 6.45) is 14.2.